The van der Waals surface area contributed by atoms with Gasteiger partial charge in [-0.05, 0) is 24.3 Å². The second-order valence-corrected chi connectivity index (χ2v) is 11.0. The summed E-state index contributed by atoms with van der Waals surface area (Å²) in [5, 5.41) is 10.9. The van der Waals surface area contributed by atoms with Crippen molar-refractivity contribution in [2.45, 2.75) is 11.1 Å². The molecule has 1 aliphatic rings. The molecule has 0 unspecified atom stereocenters. The zero-order valence-corrected chi connectivity index (χ0v) is 22.4. The molecular formula is C26H22F3N3O8S. The van der Waals surface area contributed by atoms with E-state index in [1.54, 1.807) is 4.90 Å². The van der Waals surface area contributed by atoms with Crippen molar-refractivity contribution in [3.63, 3.8) is 0 Å². The molecule has 2 heterocycles. The number of non-ortho nitro benzene ring substituents is 1. The summed E-state index contributed by atoms with van der Waals surface area (Å²) in [5.74, 6) is -0.230. The molecule has 11 nitrogen and oxygen atoms in total. The quantitative estimate of drug-likeness (QED) is 0.181. The Morgan fingerprint density at radius 2 is 1.66 bits per heavy atom. The van der Waals surface area contributed by atoms with E-state index in [0.717, 1.165) is 28.6 Å². The van der Waals surface area contributed by atoms with Crippen molar-refractivity contribution in [1.82, 2.24) is 4.31 Å². The van der Waals surface area contributed by atoms with Gasteiger partial charge in [-0.3, -0.25) is 14.9 Å². The molecule has 0 radical (unpaired) electrons. The maximum Gasteiger partial charge on any atom is 0.416 e. The fourth-order valence-corrected chi connectivity index (χ4v) is 6.48. The number of benzene rings is 3. The van der Waals surface area contributed by atoms with Crippen molar-refractivity contribution in [3.05, 3.63) is 74.4 Å². The minimum atomic E-state index is -4.52. The van der Waals surface area contributed by atoms with Gasteiger partial charge in [-0.1, -0.05) is 6.07 Å². The van der Waals surface area contributed by atoms with Crippen LogP contribution in [0.2, 0.25) is 0 Å². The number of methoxy groups -OCH3 is 2. The smallest absolute Gasteiger partial charge is 0.416 e. The van der Waals surface area contributed by atoms with Crippen molar-refractivity contribution < 1.29 is 40.4 Å². The molecule has 216 valence electrons. The molecule has 0 atom stereocenters. The van der Waals surface area contributed by atoms with Gasteiger partial charge in [0.2, 0.25) is 5.43 Å². The van der Waals surface area contributed by atoms with Gasteiger partial charge in [0.05, 0.1) is 30.1 Å². The molecule has 15 heteroatoms. The van der Waals surface area contributed by atoms with Crippen LogP contribution < -0.4 is 19.8 Å². The van der Waals surface area contributed by atoms with E-state index >= 15 is 0 Å². The number of anilines is 1. The number of nitro benzene ring substituents is 1. The number of halogens is 3. The SMILES string of the molecule is COc1cc(OC)c2c(=O)c3cc([N+](=O)[O-])ccc3oc2c1S(=O)(=O)N1CCN(c2cccc(C(F)(F)F)c2)CC1. The van der Waals surface area contributed by atoms with Crippen LogP contribution in [0.1, 0.15) is 5.56 Å². The number of hydrogen-bond donors (Lipinski definition) is 0. The summed E-state index contributed by atoms with van der Waals surface area (Å²) in [6, 6.07) is 9.34. The highest BCUT2D eigenvalue weighted by molar-refractivity contribution is 7.89. The van der Waals surface area contributed by atoms with Crippen molar-refractivity contribution in [2.24, 2.45) is 0 Å². The first-order valence-electron chi connectivity index (χ1n) is 12.1. The fraction of sp³-hybridized carbons (Fsp3) is 0.269. The van der Waals surface area contributed by atoms with Crippen LogP contribution >= 0.6 is 0 Å². The van der Waals surface area contributed by atoms with Crippen LogP contribution in [0.25, 0.3) is 21.9 Å². The van der Waals surface area contributed by atoms with E-state index in [2.05, 4.69) is 0 Å². The third-order valence-corrected chi connectivity index (χ3v) is 8.79. The molecule has 1 aliphatic heterocycles. The molecule has 1 saturated heterocycles. The Kier molecular flexibility index (Phi) is 7.03. The Hall–Kier alpha value is -4.37. The molecule has 0 amide bonds. The van der Waals surface area contributed by atoms with Gasteiger partial charge >= 0.3 is 6.18 Å². The summed E-state index contributed by atoms with van der Waals surface area (Å²) in [6.07, 6.45) is -4.52. The van der Waals surface area contributed by atoms with Crippen LogP contribution in [0.3, 0.4) is 0 Å². The summed E-state index contributed by atoms with van der Waals surface area (Å²) in [5.41, 5.74) is -2.05. The summed E-state index contributed by atoms with van der Waals surface area (Å²) in [7, 11) is -1.91. The monoisotopic (exact) mass is 593 g/mol. The maximum absolute atomic E-state index is 14.0. The number of ether oxygens (including phenoxy) is 2. The van der Waals surface area contributed by atoms with Gasteiger partial charge in [0, 0.05) is 50.1 Å². The van der Waals surface area contributed by atoms with Gasteiger partial charge in [-0.15, -0.1) is 0 Å². The van der Waals surface area contributed by atoms with Crippen LogP contribution in [0.5, 0.6) is 11.5 Å². The Morgan fingerprint density at radius 1 is 0.976 bits per heavy atom. The van der Waals surface area contributed by atoms with Crippen molar-refractivity contribution in [3.8, 4) is 11.5 Å². The molecule has 0 N–H and O–H groups in total. The first-order valence-corrected chi connectivity index (χ1v) is 13.5. The molecule has 41 heavy (non-hydrogen) atoms. The lowest BCUT2D eigenvalue weighted by molar-refractivity contribution is -0.384. The molecule has 5 rings (SSSR count). The Labute approximate surface area is 230 Å². The lowest BCUT2D eigenvalue weighted by Gasteiger charge is -2.35. The lowest BCUT2D eigenvalue weighted by atomic mass is 10.1. The summed E-state index contributed by atoms with van der Waals surface area (Å²) in [6.45, 7) is 0.0134. The van der Waals surface area contributed by atoms with Crippen LogP contribution in [0.15, 0.2) is 62.6 Å². The summed E-state index contributed by atoms with van der Waals surface area (Å²) in [4.78, 5) is 25.3. The van der Waals surface area contributed by atoms with E-state index < -0.39 is 37.0 Å². The van der Waals surface area contributed by atoms with Gasteiger partial charge in [-0.2, -0.15) is 17.5 Å². The third-order valence-electron chi connectivity index (χ3n) is 6.84. The highest BCUT2D eigenvalue weighted by atomic mass is 32.2. The Morgan fingerprint density at radius 3 is 2.27 bits per heavy atom. The largest absolute Gasteiger partial charge is 0.496 e. The standard InChI is InChI=1S/C26H22F3N3O8S/c1-38-20-14-21(39-2)25(24-22(20)23(33)18-13-17(32(34)35)6-7-19(18)40-24)41(36,37)31-10-8-30(9-11-31)16-5-3-4-15(12-16)26(27,28)29/h3-7,12-14H,8-11H2,1-2H3. The van der Waals surface area contributed by atoms with Crippen molar-refractivity contribution >= 4 is 43.3 Å². The summed E-state index contributed by atoms with van der Waals surface area (Å²) < 4.78 is 85.2. The maximum atomic E-state index is 14.0. The first-order chi connectivity index (χ1) is 19.4. The fourth-order valence-electron chi connectivity index (χ4n) is 4.80. The van der Waals surface area contributed by atoms with Crippen molar-refractivity contribution in [1.29, 1.82) is 0 Å². The number of piperazine rings is 1. The molecule has 4 aromatic rings. The van der Waals surface area contributed by atoms with E-state index in [1.165, 1.54) is 38.5 Å². The third kappa shape index (κ3) is 4.91. The van der Waals surface area contributed by atoms with Gasteiger partial charge in [0.15, 0.2) is 10.5 Å². The second-order valence-electron chi connectivity index (χ2n) is 9.12. The molecule has 0 bridgehead atoms. The highest BCUT2D eigenvalue weighted by Crippen LogP contribution is 2.41. The molecule has 1 aromatic heterocycles. The van der Waals surface area contributed by atoms with Gasteiger partial charge in [-0.25, -0.2) is 8.42 Å². The van der Waals surface area contributed by atoms with E-state index in [-0.39, 0.29) is 65.3 Å². The number of hydrogen-bond acceptors (Lipinski definition) is 9. The number of nitrogens with zero attached hydrogens (tertiary/aromatic N) is 3. The zero-order chi connectivity index (χ0) is 29.7. The zero-order valence-electron chi connectivity index (χ0n) is 21.6. The minimum absolute atomic E-state index is 0.0627. The average molecular weight is 594 g/mol. The van der Waals surface area contributed by atoms with E-state index in [4.69, 9.17) is 13.9 Å². The molecular weight excluding hydrogens is 571 g/mol. The number of sulfonamides is 1. The number of fused-ring (bicyclic) bond motifs is 2. The number of alkyl halides is 3. The van der Waals surface area contributed by atoms with E-state index in [1.807, 2.05) is 0 Å². The Bertz CT molecular complexity index is 1850. The molecule has 0 aliphatic carbocycles. The van der Waals surface area contributed by atoms with Crippen LogP contribution in [0, 0.1) is 10.1 Å². The highest BCUT2D eigenvalue weighted by Gasteiger charge is 2.36. The molecule has 1 fully saturated rings. The van der Waals surface area contributed by atoms with Gasteiger partial charge in [0.1, 0.15) is 22.5 Å². The van der Waals surface area contributed by atoms with Gasteiger partial charge < -0.3 is 18.8 Å². The van der Waals surface area contributed by atoms with Gasteiger partial charge in [0.25, 0.3) is 15.7 Å². The predicted molar refractivity (Wildman–Crippen MR) is 142 cm³/mol. The van der Waals surface area contributed by atoms with Crippen LogP contribution in [-0.4, -0.2) is 58.0 Å². The van der Waals surface area contributed by atoms with Crippen molar-refractivity contribution in [2.75, 3.05) is 45.3 Å². The minimum Gasteiger partial charge on any atom is -0.496 e. The predicted octanol–water partition coefficient (Wildman–Crippen LogP) is 4.40. The first kappa shape index (κ1) is 28.2. The molecule has 3 aromatic carbocycles. The number of nitro groups is 1. The average Bonchev–Trinajstić information content (AvgIpc) is 2.95. The lowest BCUT2D eigenvalue weighted by Crippen LogP contribution is -2.48. The summed E-state index contributed by atoms with van der Waals surface area (Å²) >= 11 is 0. The van der Waals surface area contributed by atoms with Crippen LogP contribution in [-0.2, 0) is 16.2 Å². The van der Waals surface area contributed by atoms with Crippen LogP contribution in [0.4, 0.5) is 24.5 Å². The number of rotatable bonds is 6. The molecule has 0 saturated carbocycles. The van der Waals surface area contributed by atoms with E-state index in [0.29, 0.717) is 5.69 Å². The van der Waals surface area contributed by atoms with E-state index in [9.17, 15) is 36.5 Å². The normalized spacial score (nSPS) is 14.9. The topological polar surface area (TPSA) is 132 Å². The molecule has 0 spiro atoms. The Balaban J connectivity index is 1.59. The second kappa shape index (κ2) is 10.2.